The molecule has 0 bridgehead atoms. The van der Waals surface area contributed by atoms with Crippen LogP contribution < -0.4 is 16.4 Å². The monoisotopic (exact) mass is 469 g/mol. The fourth-order valence-electron chi connectivity index (χ4n) is 3.18. The molecule has 0 radical (unpaired) electrons. The molecule has 2 unspecified atom stereocenters. The smallest absolute Gasteiger partial charge is 0.211 e. The van der Waals surface area contributed by atoms with Crippen molar-refractivity contribution in [1.82, 2.24) is 5.32 Å². The molecule has 1 heterocycles. The van der Waals surface area contributed by atoms with Crippen LogP contribution in [0.2, 0.25) is 10.0 Å². The van der Waals surface area contributed by atoms with E-state index >= 15 is 0 Å². The van der Waals surface area contributed by atoms with Crippen molar-refractivity contribution >= 4 is 41.7 Å². The summed E-state index contributed by atoms with van der Waals surface area (Å²) in [5.74, 6) is -0.434. The first-order valence-electron chi connectivity index (χ1n) is 9.83. The molecule has 2 aromatic carbocycles. The fraction of sp³-hybridized carbons (Fsp3) is 0.391. The lowest BCUT2D eigenvalue weighted by Gasteiger charge is -2.22. The lowest BCUT2D eigenvalue weighted by molar-refractivity contribution is -0.107. The van der Waals surface area contributed by atoms with Crippen LogP contribution in [0.25, 0.3) is 0 Å². The summed E-state index contributed by atoms with van der Waals surface area (Å²) in [6.45, 7) is 10.1. The molecule has 5 nitrogen and oxygen atoms in total. The van der Waals surface area contributed by atoms with Gasteiger partial charge in [-0.15, -0.1) is 0 Å². The van der Waals surface area contributed by atoms with Crippen molar-refractivity contribution in [2.24, 2.45) is 11.1 Å². The Morgan fingerprint density at radius 1 is 1.06 bits per heavy atom. The second-order valence-electron chi connectivity index (χ2n) is 8.64. The number of amides is 2. The van der Waals surface area contributed by atoms with Gasteiger partial charge in [0, 0.05) is 35.6 Å². The summed E-state index contributed by atoms with van der Waals surface area (Å²) in [5, 5.41) is 6.63. The Morgan fingerprint density at radius 3 is 2.16 bits per heavy atom. The molecule has 0 spiro atoms. The number of hydrogen-bond acceptors (Lipinski definition) is 3. The summed E-state index contributed by atoms with van der Waals surface area (Å²) >= 11 is 11.9. The van der Waals surface area contributed by atoms with E-state index in [0.717, 1.165) is 5.56 Å². The van der Waals surface area contributed by atoms with Crippen molar-refractivity contribution in [2.45, 2.75) is 39.5 Å². The van der Waals surface area contributed by atoms with Gasteiger partial charge < -0.3 is 16.4 Å². The lowest BCUT2D eigenvalue weighted by Crippen LogP contribution is -2.13. The van der Waals surface area contributed by atoms with Crippen molar-refractivity contribution in [3.05, 3.63) is 63.4 Å². The molecule has 2 aromatic rings. The quantitative estimate of drug-likeness (QED) is 0.529. The molecular formula is C23H30Cl2FN3O2. The molecule has 1 aliphatic heterocycles. The van der Waals surface area contributed by atoms with Gasteiger partial charge in [-0.1, -0.05) is 69.1 Å². The third kappa shape index (κ3) is 8.85. The topological polar surface area (TPSA) is 84.2 Å². The van der Waals surface area contributed by atoms with Gasteiger partial charge in [0.1, 0.15) is 5.82 Å². The largest absolute Gasteiger partial charge is 0.372 e. The Bertz CT molecular complexity index is 866. The third-order valence-corrected chi connectivity index (χ3v) is 4.75. The molecular weight excluding hydrogens is 440 g/mol. The lowest BCUT2D eigenvalue weighted by atomic mass is 9.83. The highest BCUT2D eigenvalue weighted by Gasteiger charge is 2.33. The molecule has 0 saturated carbocycles. The molecule has 8 heteroatoms. The molecule has 2 amide bonds. The van der Waals surface area contributed by atoms with Gasteiger partial charge in [-0.3, -0.25) is 9.59 Å². The van der Waals surface area contributed by atoms with E-state index in [0.29, 0.717) is 41.2 Å². The number of nitrogens with two attached hydrogens (primary N) is 1. The first kappa shape index (κ1) is 26.9. The van der Waals surface area contributed by atoms with E-state index in [4.69, 9.17) is 28.0 Å². The number of benzene rings is 2. The Hall–Kier alpha value is -2.15. The Kier molecular flexibility index (Phi) is 11.0. The molecule has 2 atom stereocenters. The zero-order chi connectivity index (χ0) is 23.6. The van der Waals surface area contributed by atoms with Crippen LogP contribution in [0, 0.1) is 11.2 Å². The molecule has 0 aromatic heterocycles. The van der Waals surface area contributed by atoms with Crippen LogP contribution in [0.1, 0.15) is 50.7 Å². The van der Waals surface area contributed by atoms with Gasteiger partial charge in [0.05, 0.1) is 5.02 Å². The summed E-state index contributed by atoms with van der Waals surface area (Å²) in [6.07, 6.45) is 0.868. The summed E-state index contributed by atoms with van der Waals surface area (Å²) in [6, 6.07) is 10.4. The Morgan fingerprint density at radius 2 is 1.61 bits per heavy atom. The maximum absolute atomic E-state index is 14.4. The van der Waals surface area contributed by atoms with Gasteiger partial charge in [-0.25, -0.2) is 4.39 Å². The van der Waals surface area contributed by atoms with E-state index in [1.165, 1.54) is 0 Å². The SMILES string of the molecule is CC(C)(C)C.NC=O.O=CNc1cc(Cl)ccc1C1CNCC1c1cccc(Cl)c1F. The van der Waals surface area contributed by atoms with Crippen LogP contribution >= 0.6 is 23.2 Å². The van der Waals surface area contributed by atoms with Gasteiger partial charge in [-0.2, -0.15) is 0 Å². The first-order valence-corrected chi connectivity index (χ1v) is 10.6. The van der Waals surface area contributed by atoms with Crippen LogP contribution in [0.3, 0.4) is 0 Å². The summed E-state index contributed by atoms with van der Waals surface area (Å²) in [4.78, 5) is 19.4. The number of anilines is 1. The highest BCUT2D eigenvalue weighted by Crippen LogP contribution is 2.41. The molecule has 0 aliphatic carbocycles. The van der Waals surface area contributed by atoms with Crippen molar-refractivity contribution in [3.8, 4) is 0 Å². The van der Waals surface area contributed by atoms with Crippen LogP contribution in [0.15, 0.2) is 36.4 Å². The molecule has 31 heavy (non-hydrogen) atoms. The number of carbonyl (C=O) groups is 2. The van der Waals surface area contributed by atoms with E-state index in [-0.39, 0.29) is 29.1 Å². The maximum atomic E-state index is 14.4. The average molecular weight is 470 g/mol. The van der Waals surface area contributed by atoms with Crippen molar-refractivity contribution < 1.29 is 14.0 Å². The van der Waals surface area contributed by atoms with Crippen molar-refractivity contribution in [1.29, 1.82) is 0 Å². The fourth-order valence-corrected chi connectivity index (χ4v) is 3.53. The normalized spacial score (nSPS) is 17.5. The molecule has 1 saturated heterocycles. The van der Waals surface area contributed by atoms with E-state index in [2.05, 4.69) is 44.1 Å². The van der Waals surface area contributed by atoms with E-state index in [1.54, 1.807) is 30.3 Å². The number of nitrogens with one attached hydrogen (secondary N) is 2. The predicted octanol–water partition coefficient (Wildman–Crippen LogP) is 5.33. The minimum atomic E-state index is -0.383. The summed E-state index contributed by atoms with van der Waals surface area (Å²) in [5.41, 5.74) is 6.82. The zero-order valence-electron chi connectivity index (χ0n) is 18.2. The van der Waals surface area contributed by atoms with Crippen LogP contribution in [0.5, 0.6) is 0 Å². The molecule has 1 fully saturated rings. The van der Waals surface area contributed by atoms with E-state index in [1.807, 2.05) is 6.07 Å². The Balaban J connectivity index is 0.000000519. The molecule has 3 rings (SSSR count). The number of primary amides is 1. The summed E-state index contributed by atoms with van der Waals surface area (Å²) < 4.78 is 14.4. The zero-order valence-corrected chi connectivity index (χ0v) is 19.7. The number of halogens is 3. The van der Waals surface area contributed by atoms with Gasteiger partial charge in [0.25, 0.3) is 0 Å². The number of carbonyl (C=O) groups excluding carboxylic acids is 2. The highest BCUT2D eigenvalue weighted by atomic mass is 35.5. The number of rotatable bonds is 4. The first-order chi connectivity index (χ1) is 14.5. The standard InChI is InChI=1S/C17H15Cl2FN2O.C5H12.CH3NO/c18-10-4-5-11(16(6-10)22-9-23)13-7-21-8-14(13)12-2-1-3-15(19)17(12)20;1-5(2,3)4;2-1-3/h1-6,9,13-14,21H,7-8H2,(H,22,23);1-4H3;1H,(H2,2,3). The van der Waals surface area contributed by atoms with Crippen LogP contribution in [-0.2, 0) is 9.59 Å². The van der Waals surface area contributed by atoms with Crippen molar-refractivity contribution in [2.75, 3.05) is 18.4 Å². The maximum Gasteiger partial charge on any atom is 0.211 e. The van der Waals surface area contributed by atoms with Crippen LogP contribution in [0.4, 0.5) is 10.1 Å². The molecule has 170 valence electrons. The summed E-state index contributed by atoms with van der Waals surface area (Å²) in [7, 11) is 0. The van der Waals surface area contributed by atoms with Gasteiger partial charge in [-0.05, 0) is 34.7 Å². The average Bonchev–Trinajstić information content (AvgIpc) is 3.13. The van der Waals surface area contributed by atoms with E-state index < -0.39 is 0 Å². The minimum absolute atomic E-state index is 0.0164. The molecule has 4 N–H and O–H groups in total. The molecule has 1 aliphatic rings. The second kappa shape index (κ2) is 12.6. The Labute approximate surface area is 193 Å². The number of hydrogen-bond donors (Lipinski definition) is 3. The highest BCUT2D eigenvalue weighted by molar-refractivity contribution is 6.31. The van der Waals surface area contributed by atoms with Crippen molar-refractivity contribution in [3.63, 3.8) is 0 Å². The second-order valence-corrected chi connectivity index (χ2v) is 9.49. The van der Waals surface area contributed by atoms with Crippen LogP contribution in [-0.4, -0.2) is 25.9 Å². The third-order valence-electron chi connectivity index (χ3n) is 4.22. The van der Waals surface area contributed by atoms with Gasteiger partial charge >= 0.3 is 0 Å². The minimum Gasteiger partial charge on any atom is -0.372 e. The van der Waals surface area contributed by atoms with E-state index in [9.17, 15) is 9.18 Å². The predicted molar refractivity (Wildman–Crippen MR) is 126 cm³/mol. The van der Waals surface area contributed by atoms with Gasteiger partial charge in [0.2, 0.25) is 12.8 Å². The van der Waals surface area contributed by atoms with Gasteiger partial charge in [0.15, 0.2) is 0 Å².